The molecule has 0 amide bonds. The summed E-state index contributed by atoms with van der Waals surface area (Å²) >= 11 is 0. The van der Waals surface area contributed by atoms with Crippen LogP contribution in [-0.2, 0) is 13.6 Å². The van der Waals surface area contributed by atoms with Crippen molar-refractivity contribution in [1.82, 2.24) is 19.6 Å². The number of nitrogens with zero attached hydrogens (tertiary/aromatic N) is 4. The third-order valence-electron chi connectivity index (χ3n) is 4.56. The molecule has 0 fully saturated rings. The Hall–Kier alpha value is -3.47. The molecule has 0 N–H and O–H groups in total. The summed E-state index contributed by atoms with van der Waals surface area (Å²) < 4.78 is 3.36. The molecule has 0 aliphatic rings. The fourth-order valence-electron chi connectivity index (χ4n) is 3.26. The molecule has 0 bridgehead atoms. The largest absolute Gasteiger partial charge is 0.268 e. The Morgan fingerprint density at radius 2 is 1.44 bits per heavy atom. The van der Waals surface area contributed by atoms with Crippen LogP contribution in [0.2, 0.25) is 0 Å². The molecule has 134 valence electrons. The first-order valence-corrected chi connectivity index (χ1v) is 8.95. The fraction of sp³-hybridized carbons (Fsp3) is 0.136. The van der Waals surface area contributed by atoms with Crippen LogP contribution in [0.25, 0.3) is 33.8 Å². The molecule has 2 aromatic carbocycles. The van der Waals surface area contributed by atoms with Crippen molar-refractivity contribution in [2.75, 3.05) is 0 Å². The summed E-state index contributed by atoms with van der Waals surface area (Å²) in [6.45, 7) is 2.81. The number of rotatable bonds is 4. The van der Waals surface area contributed by atoms with Crippen molar-refractivity contribution in [2.24, 2.45) is 7.05 Å². The zero-order valence-corrected chi connectivity index (χ0v) is 15.3. The van der Waals surface area contributed by atoms with Gasteiger partial charge in [-0.1, -0.05) is 60.7 Å². The minimum atomic E-state index is -0.135. The Morgan fingerprint density at radius 1 is 0.815 bits per heavy atom. The minimum absolute atomic E-state index is 0.135. The van der Waals surface area contributed by atoms with Gasteiger partial charge in [-0.2, -0.15) is 10.2 Å². The van der Waals surface area contributed by atoms with Crippen LogP contribution < -0.4 is 5.56 Å². The van der Waals surface area contributed by atoms with E-state index in [1.165, 1.54) is 4.68 Å². The van der Waals surface area contributed by atoms with Crippen molar-refractivity contribution in [3.05, 3.63) is 83.2 Å². The van der Waals surface area contributed by atoms with Gasteiger partial charge in [-0.05, 0) is 13.0 Å². The summed E-state index contributed by atoms with van der Waals surface area (Å²) in [5.74, 6) is 0. The quantitative estimate of drug-likeness (QED) is 0.555. The molecule has 5 nitrogen and oxygen atoms in total. The van der Waals surface area contributed by atoms with Gasteiger partial charge in [0.15, 0.2) is 0 Å². The molecule has 27 heavy (non-hydrogen) atoms. The van der Waals surface area contributed by atoms with Crippen molar-refractivity contribution in [2.45, 2.75) is 13.5 Å². The third-order valence-corrected chi connectivity index (χ3v) is 4.56. The molecule has 0 saturated carbocycles. The van der Waals surface area contributed by atoms with E-state index in [4.69, 9.17) is 5.10 Å². The van der Waals surface area contributed by atoms with E-state index in [-0.39, 0.29) is 5.56 Å². The number of hydrogen-bond donors (Lipinski definition) is 0. The summed E-state index contributed by atoms with van der Waals surface area (Å²) in [6.07, 6.45) is 0. The average Bonchev–Trinajstić information content (AvgIpc) is 3.11. The maximum atomic E-state index is 11.9. The van der Waals surface area contributed by atoms with E-state index in [0.29, 0.717) is 0 Å². The lowest BCUT2D eigenvalue weighted by Gasteiger charge is -2.09. The smallest absolute Gasteiger partial charge is 0.266 e. The third kappa shape index (κ3) is 3.08. The molecule has 0 unspecified atom stereocenters. The molecular weight excluding hydrogens is 336 g/mol. The summed E-state index contributed by atoms with van der Waals surface area (Å²) in [5.41, 5.74) is 5.49. The summed E-state index contributed by atoms with van der Waals surface area (Å²) in [5, 5.41) is 9.41. The van der Waals surface area contributed by atoms with Crippen molar-refractivity contribution in [3.63, 3.8) is 0 Å². The molecule has 4 aromatic rings. The molecule has 4 rings (SSSR count). The Labute approximate surface area is 157 Å². The van der Waals surface area contributed by atoms with Gasteiger partial charge in [-0.25, -0.2) is 4.68 Å². The highest BCUT2D eigenvalue weighted by atomic mass is 16.1. The van der Waals surface area contributed by atoms with Gasteiger partial charge in [0, 0.05) is 30.8 Å². The Bertz CT molecular complexity index is 1130. The zero-order valence-electron chi connectivity index (χ0n) is 15.3. The molecule has 2 heterocycles. The van der Waals surface area contributed by atoms with Crippen LogP contribution in [-0.4, -0.2) is 19.6 Å². The van der Waals surface area contributed by atoms with E-state index in [9.17, 15) is 4.79 Å². The first-order valence-electron chi connectivity index (χ1n) is 8.95. The maximum absolute atomic E-state index is 11.9. The van der Waals surface area contributed by atoms with Crippen molar-refractivity contribution in [3.8, 4) is 33.8 Å². The van der Waals surface area contributed by atoms with Crippen LogP contribution in [0.1, 0.15) is 6.92 Å². The predicted octanol–water partition coefficient (Wildman–Crippen LogP) is 4.00. The highest BCUT2D eigenvalue weighted by Gasteiger charge is 2.22. The molecule has 0 aliphatic carbocycles. The summed E-state index contributed by atoms with van der Waals surface area (Å²) in [6, 6.07) is 23.6. The Balaban J connectivity index is 2.07. The van der Waals surface area contributed by atoms with Crippen molar-refractivity contribution >= 4 is 0 Å². The predicted molar refractivity (Wildman–Crippen MR) is 107 cm³/mol. The first kappa shape index (κ1) is 17.0. The van der Waals surface area contributed by atoms with Gasteiger partial charge in [-0.15, -0.1) is 0 Å². The average molecular weight is 356 g/mol. The van der Waals surface area contributed by atoms with Crippen LogP contribution in [0.5, 0.6) is 0 Å². The lowest BCUT2D eigenvalue weighted by atomic mass is 9.99. The molecule has 0 aliphatic heterocycles. The SMILES string of the molecule is CCn1nc(-c2ccccc2)c(-c2ccc(=O)n(C)n2)c1-c1ccccc1. The second-order valence-electron chi connectivity index (χ2n) is 6.30. The second kappa shape index (κ2) is 7.03. The minimum Gasteiger partial charge on any atom is -0.268 e. The molecular formula is C22H20N4O. The monoisotopic (exact) mass is 356 g/mol. The van der Waals surface area contributed by atoms with Gasteiger partial charge in [0.1, 0.15) is 5.69 Å². The van der Waals surface area contributed by atoms with Crippen LogP contribution in [0.3, 0.4) is 0 Å². The number of aromatic nitrogens is 4. The number of benzene rings is 2. The Kier molecular flexibility index (Phi) is 4.42. The number of aryl methyl sites for hydroxylation is 2. The van der Waals surface area contributed by atoms with Crippen LogP contribution in [0.4, 0.5) is 0 Å². The van der Waals surface area contributed by atoms with Crippen LogP contribution >= 0.6 is 0 Å². The summed E-state index contributed by atoms with van der Waals surface area (Å²) in [4.78, 5) is 11.9. The van der Waals surface area contributed by atoms with Gasteiger partial charge >= 0.3 is 0 Å². The molecule has 5 heteroatoms. The standard InChI is InChI=1S/C22H20N4O/c1-3-26-22(17-12-8-5-9-13-17)20(18-14-15-19(27)25(2)23-18)21(24-26)16-10-6-4-7-11-16/h4-15H,3H2,1-2H3. The van der Waals surface area contributed by atoms with E-state index >= 15 is 0 Å². The van der Waals surface area contributed by atoms with Gasteiger partial charge in [0.25, 0.3) is 5.56 Å². The van der Waals surface area contributed by atoms with E-state index in [1.54, 1.807) is 19.2 Å². The van der Waals surface area contributed by atoms with Gasteiger partial charge in [-0.3, -0.25) is 9.48 Å². The van der Waals surface area contributed by atoms with E-state index < -0.39 is 0 Å². The zero-order chi connectivity index (χ0) is 18.8. The molecule has 0 atom stereocenters. The van der Waals surface area contributed by atoms with Gasteiger partial charge in [0.2, 0.25) is 0 Å². The molecule has 0 spiro atoms. The highest BCUT2D eigenvalue weighted by Crippen LogP contribution is 2.38. The van der Waals surface area contributed by atoms with Gasteiger partial charge < -0.3 is 0 Å². The van der Waals surface area contributed by atoms with Gasteiger partial charge in [0.05, 0.1) is 17.0 Å². The summed E-state index contributed by atoms with van der Waals surface area (Å²) in [7, 11) is 1.67. The normalized spacial score (nSPS) is 10.9. The highest BCUT2D eigenvalue weighted by molar-refractivity contribution is 5.90. The van der Waals surface area contributed by atoms with E-state index in [2.05, 4.69) is 24.2 Å². The number of hydrogen-bond acceptors (Lipinski definition) is 3. The molecule has 2 aromatic heterocycles. The van der Waals surface area contributed by atoms with Crippen LogP contribution in [0.15, 0.2) is 77.6 Å². The topological polar surface area (TPSA) is 52.7 Å². The maximum Gasteiger partial charge on any atom is 0.266 e. The first-order chi connectivity index (χ1) is 13.2. The van der Waals surface area contributed by atoms with Crippen molar-refractivity contribution < 1.29 is 0 Å². The lowest BCUT2D eigenvalue weighted by Crippen LogP contribution is -2.18. The molecule has 0 saturated heterocycles. The molecule has 0 radical (unpaired) electrons. The fourth-order valence-corrected chi connectivity index (χ4v) is 3.26. The second-order valence-corrected chi connectivity index (χ2v) is 6.30. The van der Waals surface area contributed by atoms with E-state index in [0.717, 1.165) is 40.3 Å². The lowest BCUT2D eigenvalue weighted by molar-refractivity contribution is 0.669. The Morgan fingerprint density at radius 3 is 2.04 bits per heavy atom. The van der Waals surface area contributed by atoms with E-state index in [1.807, 2.05) is 53.2 Å². The van der Waals surface area contributed by atoms with Crippen LogP contribution in [0, 0.1) is 0 Å². The van der Waals surface area contributed by atoms with Crippen molar-refractivity contribution in [1.29, 1.82) is 0 Å².